The minimum atomic E-state index is -0.297. The SMILES string of the molecule is CC/C=C/C(=O)N1CC(O)C1. The summed E-state index contributed by atoms with van der Waals surface area (Å²) in [6.07, 6.45) is 3.97. The highest BCUT2D eigenvalue weighted by Gasteiger charge is 2.26. The monoisotopic (exact) mass is 155 g/mol. The van der Waals surface area contributed by atoms with Crippen molar-refractivity contribution in [2.24, 2.45) is 0 Å². The van der Waals surface area contributed by atoms with Crippen molar-refractivity contribution >= 4 is 5.91 Å². The number of aliphatic hydroxyl groups excluding tert-OH is 1. The molecule has 1 N–H and O–H groups in total. The molecule has 0 spiro atoms. The second-order valence-corrected chi connectivity index (χ2v) is 2.71. The molecule has 11 heavy (non-hydrogen) atoms. The average Bonchev–Trinajstić information content (AvgIpc) is 1.94. The van der Waals surface area contributed by atoms with Crippen LogP contribution in [0.1, 0.15) is 13.3 Å². The van der Waals surface area contributed by atoms with Crippen molar-refractivity contribution in [1.29, 1.82) is 0 Å². The molecule has 0 radical (unpaired) electrons. The Kier molecular flexibility index (Phi) is 2.65. The second-order valence-electron chi connectivity index (χ2n) is 2.71. The molecule has 1 aliphatic heterocycles. The molecule has 3 heteroatoms. The van der Waals surface area contributed by atoms with Gasteiger partial charge in [0.05, 0.1) is 6.10 Å². The van der Waals surface area contributed by atoms with Crippen molar-refractivity contribution < 1.29 is 9.90 Å². The largest absolute Gasteiger partial charge is 0.389 e. The summed E-state index contributed by atoms with van der Waals surface area (Å²) in [5.41, 5.74) is 0. The Balaban J connectivity index is 2.26. The van der Waals surface area contributed by atoms with E-state index >= 15 is 0 Å². The lowest BCUT2D eigenvalue weighted by Gasteiger charge is -2.34. The van der Waals surface area contributed by atoms with E-state index in [1.807, 2.05) is 13.0 Å². The number of likely N-dealkylation sites (tertiary alicyclic amines) is 1. The molecule has 0 aromatic rings. The maximum atomic E-state index is 11.1. The molecule has 0 bridgehead atoms. The molecule has 62 valence electrons. The van der Waals surface area contributed by atoms with Crippen LogP contribution in [0.2, 0.25) is 0 Å². The van der Waals surface area contributed by atoms with Crippen LogP contribution in [0.15, 0.2) is 12.2 Å². The number of hydrogen-bond donors (Lipinski definition) is 1. The van der Waals surface area contributed by atoms with Gasteiger partial charge in [0.15, 0.2) is 0 Å². The lowest BCUT2D eigenvalue weighted by Crippen LogP contribution is -2.52. The fourth-order valence-electron chi connectivity index (χ4n) is 0.959. The normalized spacial score (nSPS) is 18.9. The zero-order chi connectivity index (χ0) is 8.27. The first-order valence-corrected chi connectivity index (χ1v) is 3.87. The highest BCUT2D eigenvalue weighted by atomic mass is 16.3. The summed E-state index contributed by atoms with van der Waals surface area (Å²) in [5, 5.41) is 8.87. The zero-order valence-electron chi connectivity index (χ0n) is 6.66. The first-order valence-electron chi connectivity index (χ1n) is 3.87. The number of allylic oxidation sites excluding steroid dienone is 1. The molecule has 1 rings (SSSR count). The van der Waals surface area contributed by atoms with Crippen LogP contribution in [0.3, 0.4) is 0 Å². The molecule has 0 aromatic carbocycles. The van der Waals surface area contributed by atoms with Crippen LogP contribution in [0.4, 0.5) is 0 Å². The van der Waals surface area contributed by atoms with Crippen molar-refractivity contribution in [2.45, 2.75) is 19.4 Å². The summed E-state index contributed by atoms with van der Waals surface area (Å²) in [7, 11) is 0. The number of rotatable bonds is 2. The van der Waals surface area contributed by atoms with Crippen molar-refractivity contribution in [3.63, 3.8) is 0 Å². The number of nitrogens with zero attached hydrogens (tertiary/aromatic N) is 1. The van der Waals surface area contributed by atoms with Crippen LogP contribution in [-0.4, -0.2) is 35.1 Å². The van der Waals surface area contributed by atoms with Gasteiger partial charge in [0.2, 0.25) is 5.91 Å². The van der Waals surface area contributed by atoms with Crippen LogP contribution < -0.4 is 0 Å². The van der Waals surface area contributed by atoms with E-state index in [1.54, 1.807) is 11.0 Å². The van der Waals surface area contributed by atoms with Crippen LogP contribution in [0, 0.1) is 0 Å². The fraction of sp³-hybridized carbons (Fsp3) is 0.625. The highest BCUT2D eigenvalue weighted by Crippen LogP contribution is 2.07. The van der Waals surface area contributed by atoms with Gasteiger partial charge in [0.1, 0.15) is 0 Å². The number of β-amino-alcohol motifs (C(OH)–C–C–N with tert-alkyl or cyclic N) is 1. The third-order valence-corrected chi connectivity index (χ3v) is 1.67. The van der Waals surface area contributed by atoms with Crippen LogP contribution in [0.5, 0.6) is 0 Å². The number of carbonyl (C=O) groups excluding carboxylic acids is 1. The molecule has 0 aromatic heterocycles. The lowest BCUT2D eigenvalue weighted by atomic mass is 10.1. The highest BCUT2D eigenvalue weighted by molar-refractivity contribution is 5.88. The molecule has 1 fully saturated rings. The molecule has 1 saturated heterocycles. The van der Waals surface area contributed by atoms with Gasteiger partial charge < -0.3 is 10.0 Å². The van der Waals surface area contributed by atoms with Crippen molar-refractivity contribution in [3.8, 4) is 0 Å². The number of carbonyl (C=O) groups is 1. The van der Waals surface area contributed by atoms with Gasteiger partial charge in [0.25, 0.3) is 0 Å². The Morgan fingerprint density at radius 3 is 2.82 bits per heavy atom. The third-order valence-electron chi connectivity index (χ3n) is 1.67. The standard InChI is InChI=1S/C8H13NO2/c1-2-3-4-8(11)9-5-7(10)6-9/h3-4,7,10H,2,5-6H2,1H3/b4-3+. The van der Waals surface area contributed by atoms with Gasteiger partial charge in [0, 0.05) is 13.1 Å². The summed E-state index contributed by atoms with van der Waals surface area (Å²) >= 11 is 0. The number of hydrogen-bond acceptors (Lipinski definition) is 2. The molecular formula is C8H13NO2. The minimum absolute atomic E-state index is 0.0113. The van der Waals surface area contributed by atoms with E-state index in [1.165, 1.54) is 0 Å². The van der Waals surface area contributed by atoms with Gasteiger partial charge in [-0.3, -0.25) is 4.79 Å². The minimum Gasteiger partial charge on any atom is -0.389 e. The zero-order valence-corrected chi connectivity index (χ0v) is 6.66. The molecule has 3 nitrogen and oxygen atoms in total. The predicted molar refractivity (Wildman–Crippen MR) is 42.0 cm³/mol. The maximum Gasteiger partial charge on any atom is 0.246 e. The van der Waals surface area contributed by atoms with Gasteiger partial charge in [-0.2, -0.15) is 0 Å². The third kappa shape index (κ3) is 2.05. The molecule has 0 aliphatic carbocycles. The van der Waals surface area contributed by atoms with Crippen molar-refractivity contribution in [1.82, 2.24) is 4.90 Å². The topological polar surface area (TPSA) is 40.5 Å². The van der Waals surface area contributed by atoms with E-state index in [0.29, 0.717) is 13.1 Å². The van der Waals surface area contributed by atoms with Gasteiger partial charge in [-0.05, 0) is 12.5 Å². The van der Waals surface area contributed by atoms with E-state index in [4.69, 9.17) is 5.11 Å². The summed E-state index contributed by atoms with van der Waals surface area (Å²) in [5.74, 6) is 0.0113. The molecule has 1 heterocycles. The van der Waals surface area contributed by atoms with E-state index < -0.39 is 0 Å². The van der Waals surface area contributed by atoms with Gasteiger partial charge in [-0.15, -0.1) is 0 Å². The summed E-state index contributed by atoms with van der Waals surface area (Å²) in [4.78, 5) is 12.7. The maximum absolute atomic E-state index is 11.1. The molecule has 0 saturated carbocycles. The molecule has 1 aliphatic rings. The summed E-state index contributed by atoms with van der Waals surface area (Å²) in [6, 6.07) is 0. The Labute approximate surface area is 66.3 Å². The first-order chi connectivity index (χ1) is 5.24. The number of aliphatic hydroxyl groups is 1. The summed E-state index contributed by atoms with van der Waals surface area (Å²) < 4.78 is 0. The lowest BCUT2D eigenvalue weighted by molar-refractivity contribution is -0.135. The molecule has 0 atom stereocenters. The average molecular weight is 155 g/mol. The second kappa shape index (κ2) is 3.53. The predicted octanol–water partition coefficient (Wildman–Crippen LogP) is 0.156. The van der Waals surface area contributed by atoms with Crippen molar-refractivity contribution in [3.05, 3.63) is 12.2 Å². The van der Waals surface area contributed by atoms with Crippen LogP contribution >= 0.6 is 0 Å². The van der Waals surface area contributed by atoms with Crippen LogP contribution in [0.25, 0.3) is 0 Å². The molecular weight excluding hydrogens is 142 g/mol. The molecule has 0 unspecified atom stereocenters. The van der Waals surface area contributed by atoms with E-state index in [2.05, 4.69) is 0 Å². The first kappa shape index (κ1) is 8.27. The number of amides is 1. The molecule has 1 amide bonds. The Hall–Kier alpha value is -0.830. The Bertz CT molecular complexity index is 171. The van der Waals surface area contributed by atoms with E-state index in [0.717, 1.165) is 6.42 Å². The van der Waals surface area contributed by atoms with Gasteiger partial charge in [-0.1, -0.05) is 13.0 Å². The van der Waals surface area contributed by atoms with Crippen LogP contribution in [-0.2, 0) is 4.79 Å². The fourth-order valence-corrected chi connectivity index (χ4v) is 0.959. The van der Waals surface area contributed by atoms with Gasteiger partial charge >= 0.3 is 0 Å². The smallest absolute Gasteiger partial charge is 0.246 e. The van der Waals surface area contributed by atoms with E-state index in [9.17, 15) is 4.79 Å². The Morgan fingerprint density at radius 1 is 1.73 bits per heavy atom. The summed E-state index contributed by atoms with van der Waals surface area (Å²) in [6.45, 7) is 2.97. The van der Waals surface area contributed by atoms with E-state index in [-0.39, 0.29) is 12.0 Å². The Morgan fingerprint density at radius 2 is 2.36 bits per heavy atom. The van der Waals surface area contributed by atoms with Crippen molar-refractivity contribution in [2.75, 3.05) is 13.1 Å². The van der Waals surface area contributed by atoms with Gasteiger partial charge in [-0.25, -0.2) is 0 Å². The quantitative estimate of drug-likeness (QED) is 0.577.